The zero-order valence-corrected chi connectivity index (χ0v) is 14.1. The summed E-state index contributed by atoms with van der Waals surface area (Å²) in [6, 6.07) is 0. The van der Waals surface area contributed by atoms with Crippen molar-refractivity contribution < 1.29 is 9.59 Å². The van der Waals surface area contributed by atoms with Crippen molar-refractivity contribution in [3.8, 4) is 0 Å². The van der Waals surface area contributed by atoms with Crippen molar-refractivity contribution in [2.24, 2.45) is 34.5 Å². The number of fused-ring (bicyclic) bond motifs is 3. The predicted octanol–water partition coefficient (Wildman–Crippen LogP) is 4.11. The van der Waals surface area contributed by atoms with E-state index in [-0.39, 0.29) is 22.4 Å². The van der Waals surface area contributed by atoms with Gasteiger partial charge >= 0.3 is 0 Å². The molecule has 4 atom stereocenters. The van der Waals surface area contributed by atoms with Crippen LogP contribution in [0.15, 0.2) is 23.3 Å². The van der Waals surface area contributed by atoms with Gasteiger partial charge in [-0.2, -0.15) is 0 Å². The lowest BCUT2D eigenvalue weighted by Gasteiger charge is -2.57. The van der Waals surface area contributed by atoms with Crippen LogP contribution in [0.25, 0.3) is 0 Å². The van der Waals surface area contributed by atoms with Gasteiger partial charge in [-0.25, -0.2) is 0 Å². The van der Waals surface area contributed by atoms with Crippen LogP contribution in [0.2, 0.25) is 0 Å². The first-order valence-electron chi connectivity index (χ1n) is 8.72. The van der Waals surface area contributed by atoms with E-state index in [1.165, 1.54) is 0 Å². The lowest BCUT2D eigenvalue weighted by atomic mass is 9.46. The Morgan fingerprint density at radius 3 is 2.32 bits per heavy atom. The van der Waals surface area contributed by atoms with E-state index in [9.17, 15) is 9.59 Å². The Bertz CT molecular complexity index is 632. The van der Waals surface area contributed by atoms with E-state index in [1.807, 2.05) is 0 Å². The van der Waals surface area contributed by atoms with Gasteiger partial charge in [0.25, 0.3) is 0 Å². The molecule has 0 saturated heterocycles. The summed E-state index contributed by atoms with van der Waals surface area (Å²) >= 11 is 0. The summed E-state index contributed by atoms with van der Waals surface area (Å²) in [5, 5.41) is 0. The number of allylic oxidation sites excluding steroid dienone is 4. The highest BCUT2D eigenvalue weighted by molar-refractivity contribution is 6.11. The van der Waals surface area contributed by atoms with Crippen molar-refractivity contribution in [1.29, 1.82) is 0 Å². The van der Waals surface area contributed by atoms with Crippen molar-refractivity contribution in [2.75, 3.05) is 0 Å². The molecule has 0 N–H and O–H groups in total. The zero-order valence-electron chi connectivity index (χ0n) is 14.1. The molecule has 0 aliphatic heterocycles. The first kappa shape index (κ1) is 14.4. The van der Waals surface area contributed by atoms with Crippen molar-refractivity contribution in [3.05, 3.63) is 23.3 Å². The molecule has 0 spiro atoms. The third-order valence-corrected chi connectivity index (χ3v) is 7.64. The van der Waals surface area contributed by atoms with Crippen LogP contribution >= 0.6 is 0 Å². The Kier molecular flexibility index (Phi) is 2.76. The second-order valence-electron chi connectivity index (χ2n) is 9.10. The largest absolute Gasteiger partial charge is 0.295 e. The summed E-state index contributed by atoms with van der Waals surface area (Å²) in [5.74, 6) is 2.30. The van der Waals surface area contributed by atoms with Gasteiger partial charge in [-0.05, 0) is 65.4 Å². The highest BCUT2D eigenvalue weighted by atomic mass is 16.1. The molecule has 0 aromatic carbocycles. The lowest BCUT2D eigenvalue weighted by Crippen LogP contribution is -2.52. The molecule has 4 fully saturated rings. The topological polar surface area (TPSA) is 34.1 Å². The van der Waals surface area contributed by atoms with E-state index >= 15 is 0 Å². The number of ketones is 2. The molecule has 4 bridgehead atoms. The number of rotatable bonds is 2. The van der Waals surface area contributed by atoms with Gasteiger partial charge in [-0.3, -0.25) is 9.59 Å². The molecule has 6 aliphatic carbocycles. The average molecular weight is 298 g/mol. The minimum Gasteiger partial charge on any atom is -0.295 e. The van der Waals surface area contributed by atoms with Crippen LogP contribution in [0, 0.1) is 34.5 Å². The molecule has 118 valence electrons. The van der Waals surface area contributed by atoms with E-state index in [0.717, 1.165) is 36.3 Å². The van der Waals surface area contributed by atoms with E-state index in [1.54, 1.807) is 6.08 Å². The second kappa shape index (κ2) is 4.21. The summed E-state index contributed by atoms with van der Waals surface area (Å²) in [4.78, 5) is 25.1. The molecule has 0 amide bonds. The van der Waals surface area contributed by atoms with Crippen molar-refractivity contribution in [2.45, 2.75) is 53.4 Å². The quantitative estimate of drug-likeness (QED) is 0.719. The maximum absolute atomic E-state index is 12.8. The predicted molar refractivity (Wildman–Crippen MR) is 86.2 cm³/mol. The molecule has 0 radical (unpaired) electrons. The molecule has 22 heavy (non-hydrogen) atoms. The maximum atomic E-state index is 12.8. The summed E-state index contributed by atoms with van der Waals surface area (Å²) in [7, 11) is 0. The Balaban J connectivity index is 1.62. The van der Waals surface area contributed by atoms with Crippen molar-refractivity contribution >= 4 is 11.6 Å². The molecular formula is C20H26O2. The molecule has 4 saturated carbocycles. The van der Waals surface area contributed by atoms with Gasteiger partial charge in [-0.1, -0.05) is 33.8 Å². The van der Waals surface area contributed by atoms with Gasteiger partial charge in [0.2, 0.25) is 0 Å². The Morgan fingerprint density at radius 1 is 1.09 bits per heavy atom. The van der Waals surface area contributed by atoms with Gasteiger partial charge in [0.15, 0.2) is 11.6 Å². The second-order valence-corrected chi connectivity index (χ2v) is 9.10. The lowest BCUT2D eigenvalue weighted by molar-refractivity contribution is -0.130. The Hall–Kier alpha value is -1.18. The Morgan fingerprint density at radius 2 is 1.73 bits per heavy atom. The highest BCUT2D eigenvalue weighted by Gasteiger charge is 2.56. The third-order valence-electron chi connectivity index (χ3n) is 7.64. The number of carbonyl (C=O) groups is 2. The van der Waals surface area contributed by atoms with Crippen LogP contribution in [0.1, 0.15) is 53.4 Å². The van der Waals surface area contributed by atoms with Crippen LogP contribution < -0.4 is 0 Å². The van der Waals surface area contributed by atoms with Crippen LogP contribution in [0.3, 0.4) is 0 Å². The first-order valence-corrected chi connectivity index (χ1v) is 8.72. The fourth-order valence-corrected chi connectivity index (χ4v) is 5.46. The number of hydrogen-bond acceptors (Lipinski definition) is 2. The van der Waals surface area contributed by atoms with Crippen LogP contribution in [0.5, 0.6) is 0 Å². The highest BCUT2D eigenvalue weighted by Crippen LogP contribution is 2.61. The van der Waals surface area contributed by atoms with E-state index in [4.69, 9.17) is 0 Å². The minimum absolute atomic E-state index is 0.112. The summed E-state index contributed by atoms with van der Waals surface area (Å²) in [5.41, 5.74) is 2.25. The molecule has 2 heteroatoms. The first-order chi connectivity index (χ1) is 10.2. The van der Waals surface area contributed by atoms with Gasteiger partial charge in [0.05, 0.1) is 0 Å². The zero-order chi connectivity index (χ0) is 15.9. The molecule has 0 heterocycles. The fourth-order valence-electron chi connectivity index (χ4n) is 5.46. The minimum atomic E-state index is 0.112. The van der Waals surface area contributed by atoms with E-state index < -0.39 is 0 Å². The van der Waals surface area contributed by atoms with Crippen LogP contribution in [-0.2, 0) is 9.59 Å². The molecule has 0 aromatic rings. The molecule has 2 nitrogen and oxygen atoms in total. The van der Waals surface area contributed by atoms with Crippen LogP contribution in [-0.4, -0.2) is 11.6 Å². The smallest absolute Gasteiger partial charge is 0.182 e. The van der Waals surface area contributed by atoms with Gasteiger partial charge in [0, 0.05) is 12.0 Å². The maximum Gasteiger partial charge on any atom is 0.182 e. The van der Waals surface area contributed by atoms with Crippen molar-refractivity contribution in [1.82, 2.24) is 0 Å². The van der Waals surface area contributed by atoms with Gasteiger partial charge in [0.1, 0.15) is 0 Å². The SMILES string of the molecule is CC1(C)C2CC=C(C(=O)/C=C3\C(=O)CC4CC3C4(C)C)C1C2. The summed E-state index contributed by atoms with van der Waals surface area (Å²) in [6.07, 6.45) is 7.76. The fraction of sp³-hybridized carbons (Fsp3) is 0.700. The summed E-state index contributed by atoms with van der Waals surface area (Å²) < 4.78 is 0. The molecule has 6 aliphatic rings. The van der Waals surface area contributed by atoms with Crippen LogP contribution in [0.4, 0.5) is 0 Å². The third kappa shape index (κ3) is 1.67. The molecule has 4 unspecified atom stereocenters. The normalized spacial score (nSPS) is 42.3. The van der Waals surface area contributed by atoms with Crippen molar-refractivity contribution in [3.63, 3.8) is 0 Å². The standard InChI is InChI=1S/C20H26O2/c1-19(2)11-5-6-13(15(19)7-11)18(22)10-14-16-8-12(9-17(14)21)20(16,3)4/h6,10-12,15-16H,5,7-9H2,1-4H3/b14-10-. The van der Waals surface area contributed by atoms with Gasteiger partial charge in [-0.15, -0.1) is 0 Å². The Labute approximate surface area is 133 Å². The monoisotopic (exact) mass is 298 g/mol. The molecule has 0 aromatic heterocycles. The summed E-state index contributed by atoms with van der Waals surface area (Å²) in [6.45, 7) is 9.06. The van der Waals surface area contributed by atoms with Gasteiger partial charge < -0.3 is 0 Å². The number of hydrogen-bond donors (Lipinski definition) is 0. The number of Topliss-reactive ketones (excluding diaryl/α,β-unsaturated/α-hetero) is 1. The number of carbonyl (C=O) groups excluding carboxylic acids is 2. The van der Waals surface area contributed by atoms with E-state index in [0.29, 0.717) is 24.2 Å². The molecule has 6 rings (SSSR count). The van der Waals surface area contributed by atoms with E-state index in [2.05, 4.69) is 33.8 Å². The molecular weight excluding hydrogens is 272 g/mol. The average Bonchev–Trinajstić information content (AvgIpc) is 2.48.